The first-order valence-electron chi connectivity index (χ1n) is 10.1. The minimum Gasteiger partial charge on any atom is -0.326 e. The average molecular weight is 472 g/mol. The van der Waals surface area contributed by atoms with Crippen molar-refractivity contribution in [2.24, 2.45) is 0 Å². The number of anilines is 2. The van der Waals surface area contributed by atoms with Gasteiger partial charge in [0.1, 0.15) is 5.82 Å². The molecule has 34 heavy (non-hydrogen) atoms. The van der Waals surface area contributed by atoms with Crippen molar-refractivity contribution in [3.63, 3.8) is 0 Å². The van der Waals surface area contributed by atoms with Gasteiger partial charge >= 0.3 is 12.2 Å². The van der Waals surface area contributed by atoms with E-state index >= 15 is 0 Å². The Morgan fingerprint density at radius 2 is 1.91 bits per heavy atom. The van der Waals surface area contributed by atoms with Crippen molar-refractivity contribution in [2.45, 2.75) is 13.1 Å². The van der Waals surface area contributed by atoms with E-state index in [2.05, 4.69) is 17.2 Å². The summed E-state index contributed by atoms with van der Waals surface area (Å²) in [7, 11) is 1.55. The molecule has 10 heteroatoms. The van der Waals surface area contributed by atoms with Gasteiger partial charge in [-0.3, -0.25) is 9.69 Å². The van der Waals surface area contributed by atoms with Gasteiger partial charge in [0.05, 0.1) is 22.5 Å². The molecule has 0 aromatic heterocycles. The Labute approximate surface area is 193 Å². The van der Waals surface area contributed by atoms with Crippen LogP contribution in [0, 0.1) is 23.1 Å². The van der Waals surface area contributed by atoms with Crippen LogP contribution >= 0.6 is 0 Å². The van der Waals surface area contributed by atoms with Crippen molar-refractivity contribution >= 4 is 29.5 Å². The summed E-state index contributed by atoms with van der Waals surface area (Å²) >= 11 is 0. The Kier molecular flexibility index (Phi) is 7.05. The number of benzene rings is 2. The topological polar surface area (TPSA) is 76.5 Å². The Morgan fingerprint density at radius 1 is 1.18 bits per heavy atom. The van der Waals surface area contributed by atoms with Gasteiger partial charge in [0.15, 0.2) is 0 Å². The molecule has 0 unspecified atom stereocenters. The largest absolute Gasteiger partial charge is 0.416 e. The molecule has 0 aliphatic carbocycles. The normalized spacial score (nSPS) is 14.1. The predicted molar refractivity (Wildman–Crippen MR) is 121 cm³/mol. The van der Waals surface area contributed by atoms with E-state index in [0.717, 1.165) is 30.5 Å². The highest BCUT2D eigenvalue weighted by atomic mass is 19.4. The van der Waals surface area contributed by atoms with Crippen LogP contribution < -0.4 is 10.2 Å². The third kappa shape index (κ3) is 5.26. The van der Waals surface area contributed by atoms with Crippen molar-refractivity contribution in [3.8, 4) is 11.8 Å². The first-order valence-corrected chi connectivity index (χ1v) is 10.1. The smallest absolute Gasteiger partial charge is 0.326 e. The second kappa shape index (κ2) is 9.79. The van der Waals surface area contributed by atoms with Gasteiger partial charge in [-0.1, -0.05) is 17.9 Å². The molecule has 0 bridgehead atoms. The molecule has 1 heterocycles. The highest BCUT2D eigenvalue weighted by molar-refractivity contribution is 6.08. The molecule has 2 aromatic carbocycles. The summed E-state index contributed by atoms with van der Waals surface area (Å²) < 4.78 is 54.3. The number of halogens is 4. The van der Waals surface area contributed by atoms with Gasteiger partial charge in [-0.15, -0.1) is 0 Å². The number of nitrogens with one attached hydrogen (secondary N) is 2. The van der Waals surface area contributed by atoms with Gasteiger partial charge in [0.2, 0.25) is 0 Å². The molecule has 0 saturated carbocycles. The lowest BCUT2D eigenvalue weighted by molar-refractivity contribution is -0.137. The molecule has 176 valence electrons. The molecule has 1 fully saturated rings. The van der Waals surface area contributed by atoms with E-state index in [0.29, 0.717) is 18.2 Å². The SMILES string of the molecule is C/C=C(/C#Cc1ccc(F)c(C(=O)Nc2cc(C(F)(F)F)ccc2N2CCN(C)C2=O)c1)C=N. The third-order valence-corrected chi connectivity index (χ3v) is 5.11. The Hall–Kier alpha value is -4.13. The van der Waals surface area contributed by atoms with Crippen molar-refractivity contribution in [2.75, 3.05) is 30.4 Å². The number of hydrogen-bond donors (Lipinski definition) is 2. The second-order valence-electron chi connectivity index (χ2n) is 7.37. The summed E-state index contributed by atoms with van der Waals surface area (Å²) in [5.41, 5.74) is -0.998. The lowest BCUT2D eigenvalue weighted by Gasteiger charge is -2.21. The molecule has 1 aliphatic rings. The fraction of sp³-hybridized carbons (Fsp3) is 0.208. The number of nitrogens with zero attached hydrogens (tertiary/aromatic N) is 2. The van der Waals surface area contributed by atoms with Crippen LogP contribution in [0.5, 0.6) is 0 Å². The van der Waals surface area contributed by atoms with E-state index in [1.807, 2.05) is 0 Å². The summed E-state index contributed by atoms with van der Waals surface area (Å²) in [6, 6.07) is 5.71. The molecule has 6 nitrogen and oxygen atoms in total. The van der Waals surface area contributed by atoms with E-state index in [4.69, 9.17) is 5.41 Å². The van der Waals surface area contributed by atoms with Crippen LogP contribution in [0.15, 0.2) is 48.0 Å². The summed E-state index contributed by atoms with van der Waals surface area (Å²) in [5.74, 6) is 3.50. The minimum atomic E-state index is -4.69. The van der Waals surface area contributed by atoms with E-state index in [9.17, 15) is 27.2 Å². The summed E-state index contributed by atoms with van der Waals surface area (Å²) in [6.07, 6.45) is -2.05. The van der Waals surface area contributed by atoms with Gasteiger partial charge in [0, 0.05) is 37.5 Å². The number of amides is 3. The summed E-state index contributed by atoms with van der Waals surface area (Å²) in [6.45, 7) is 2.25. The molecule has 2 aromatic rings. The number of likely N-dealkylation sites (N-methyl/N-ethyl adjacent to an activating group) is 1. The number of alkyl halides is 3. The van der Waals surface area contributed by atoms with Crippen LogP contribution in [-0.4, -0.2) is 43.2 Å². The van der Waals surface area contributed by atoms with Crippen molar-refractivity contribution < 1.29 is 27.2 Å². The molecule has 1 saturated heterocycles. The molecular weight excluding hydrogens is 452 g/mol. The molecule has 1 aliphatic heterocycles. The molecule has 0 radical (unpaired) electrons. The molecule has 3 amide bonds. The fourth-order valence-corrected chi connectivity index (χ4v) is 3.22. The Morgan fingerprint density at radius 3 is 2.50 bits per heavy atom. The predicted octanol–water partition coefficient (Wildman–Crippen LogP) is 4.92. The summed E-state index contributed by atoms with van der Waals surface area (Å²) in [4.78, 5) is 27.9. The Balaban J connectivity index is 2.00. The standard InChI is InChI=1S/C24H20F4N4O2/c1-3-15(14-29)4-5-16-6-8-19(25)18(12-16)22(33)30-20-13-17(24(26,27)28)7-9-21(20)32-11-10-31(2)23(32)34/h3,6-9,12-14,29H,10-11H2,1-2H3,(H,30,33)/b15-3-,29-14?. The van der Waals surface area contributed by atoms with Crippen molar-refractivity contribution in [1.29, 1.82) is 5.41 Å². The average Bonchev–Trinajstić information content (AvgIpc) is 3.12. The van der Waals surface area contributed by atoms with Crippen molar-refractivity contribution in [3.05, 3.63) is 70.6 Å². The first kappa shape index (κ1) is 24.5. The lowest BCUT2D eigenvalue weighted by Crippen LogP contribution is -2.30. The molecular formula is C24H20F4N4O2. The first-order chi connectivity index (χ1) is 16.0. The maximum Gasteiger partial charge on any atom is 0.416 e. The molecule has 2 N–H and O–H groups in total. The van der Waals surface area contributed by atoms with Crippen LogP contribution in [0.1, 0.15) is 28.4 Å². The zero-order chi connectivity index (χ0) is 25.0. The van der Waals surface area contributed by atoms with E-state index in [1.54, 1.807) is 20.0 Å². The van der Waals surface area contributed by atoms with Crippen LogP contribution in [0.3, 0.4) is 0 Å². The van der Waals surface area contributed by atoms with Crippen LogP contribution in [-0.2, 0) is 6.18 Å². The number of hydrogen-bond acceptors (Lipinski definition) is 3. The van der Waals surface area contributed by atoms with Crippen molar-refractivity contribution in [1.82, 2.24) is 4.90 Å². The third-order valence-electron chi connectivity index (χ3n) is 5.11. The number of carbonyl (C=O) groups is 2. The van der Waals surface area contributed by atoms with E-state index < -0.39 is 35.1 Å². The number of allylic oxidation sites excluding steroid dienone is 2. The van der Waals surface area contributed by atoms with Gasteiger partial charge in [-0.05, 0) is 43.3 Å². The van der Waals surface area contributed by atoms with Gasteiger partial charge in [-0.2, -0.15) is 13.2 Å². The van der Waals surface area contributed by atoms with Crippen LogP contribution in [0.25, 0.3) is 0 Å². The highest BCUT2D eigenvalue weighted by Gasteiger charge is 2.34. The number of urea groups is 1. The van der Waals surface area contributed by atoms with Gasteiger partial charge in [-0.25, -0.2) is 9.18 Å². The van der Waals surface area contributed by atoms with Crippen LogP contribution in [0.2, 0.25) is 0 Å². The fourth-order valence-electron chi connectivity index (χ4n) is 3.22. The van der Waals surface area contributed by atoms with Gasteiger partial charge in [0.25, 0.3) is 5.91 Å². The lowest BCUT2D eigenvalue weighted by atomic mass is 10.1. The molecule has 0 atom stereocenters. The zero-order valence-corrected chi connectivity index (χ0v) is 18.3. The molecule has 0 spiro atoms. The molecule has 3 rings (SSSR count). The van der Waals surface area contributed by atoms with Crippen LogP contribution in [0.4, 0.5) is 33.7 Å². The Bertz CT molecular complexity index is 1240. The summed E-state index contributed by atoms with van der Waals surface area (Å²) in [5, 5.41) is 9.56. The number of carbonyl (C=O) groups excluding carboxylic acids is 2. The monoisotopic (exact) mass is 472 g/mol. The minimum absolute atomic E-state index is 0.0655. The quantitative estimate of drug-likeness (QED) is 0.377. The highest BCUT2D eigenvalue weighted by Crippen LogP contribution is 2.36. The number of rotatable bonds is 4. The van der Waals surface area contributed by atoms with E-state index in [-0.39, 0.29) is 23.5 Å². The van der Waals surface area contributed by atoms with E-state index in [1.165, 1.54) is 15.9 Å². The zero-order valence-electron chi connectivity index (χ0n) is 18.3. The second-order valence-corrected chi connectivity index (χ2v) is 7.37. The maximum atomic E-state index is 14.4. The van der Waals surface area contributed by atoms with Gasteiger partial charge < -0.3 is 15.6 Å². The maximum absolute atomic E-state index is 14.4.